The second-order valence-corrected chi connectivity index (χ2v) is 8.71. The molecule has 2 aromatic rings. The minimum atomic E-state index is -2.04. The number of aliphatic imine (C=N–C) groups is 1. The molecule has 6 nitrogen and oxygen atoms in total. The average Bonchev–Trinajstić information content (AvgIpc) is 3.13. The fourth-order valence-electron chi connectivity index (χ4n) is 5.76. The highest BCUT2D eigenvalue weighted by Gasteiger charge is 2.62. The van der Waals surface area contributed by atoms with Crippen molar-refractivity contribution < 1.29 is 12.2 Å². The molecular weight excluding hydrogens is 364 g/mol. The lowest BCUT2D eigenvalue weighted by Gasteiger charge is -2.47. The summed E-state index contributed by atoms with van der Waals surface area (Å²) in [5.41, 5.74) is 9.12. The molecule has 2 heterocycles. The Bertz CT molecular complexity index is 1080. The second kappa shape index (κ2) is 6.52. The van der Waals surface area contributed by atoms with Crippen LogP contribution in [0.5, 0.6) is 0 Å². The lowest BCUT2D eigenvalue weighted by molar-refractivity contribution is -0.0445. The van der Waals surface area contributed by atoms with Crippen LogP contribution >= 0.6 is 0 Å². The minimum Gasteiger partial charge on any atom is -0.462 e. The topological polar surface area (TPSA) is 82.6 Å². The number of hydrogen-bond donors (Lipinski definition) is 1. The molecule has 2 N–H and O–H groups in total. The lowest BCUT2D eigenvalue weighted by atomic mass is 9.59. The van der Waals surface area contributed by atoms with Gasteiger partial charge in [-0.05, 0) is 61.3 Å². The normalized spacial score (nSPS) is 35.8. The zero-order valence-corrected chi connectivity index (χ0v) is 17.1. The first kappa shape index (κ1) is 16.3. The first-order chi connectivity index (χ1) is 14.7. The van der Waals surface area contributed by atoms with Gasteiger partial charge in [-0.2, -0.15) is 0 Å². The summed E-state index contributed by atoms with van der Waals surface area (Å²) in [7, 11) is 1.75. The van der Waals surface area contributed by atoms with Crippen molar-refractivity contribution in [2.75, 3.05) is 13.7 Å². The van der Waals surface area contributed by atoms with Crippen molar-refractivity contribution >= 4 is 6.02 Å². The van der Waals surface area contributed by atoms with Crippen LogP contribution in [0.25, 0.3) is 11.1 Å². The number of ether oxygens (including phenoxy) is 2. The van der Waals surface area contributed by atoms with E-state index in [4.69, 9.17) is 22.9 Å². The summed E-state index contributed by atoms with van der Waals surface area (Å²) in [6.45, 7) is 2.09. The van der Waals surface area contributed by atoms with Gasteiger partial charge < -0.3 is 15.2 Å². The Balaban J connectivity index is 1.71. The van der Waals surface area contributed by atoms with Crippen molar-refractivity contribution in [3.63, 3.8) is 0 Å². The maximum Gasteiger partial charge on any atom is 0.283 e. The quantitative estimate of drug-likeness (QED) is 0.844. The average molecular weight is 395 g/mol. The van der Waals surface area contributed by atoms with Crippen molar-refractivity contribution in [1.82, 2.24) is 9.97 Å². The highest BCUT2D eigenvalue weighted by atomic mass is 16.5. The summed E-state index contributed by atoms with van der Waals surface area (Å²) >= 11 is 0. The number of fused-ring (bicyclic) bond motifs is 3. The van der Waals surface area contributed by atoms with Crippen molar-refractivity contribution in [2.45, 2.75) is 51.2 Å². The minimum absolute atomic E-state index is 0.0802. The van der Waals surface area contributed by atoms with E-state index in [2.05, 4.69) is 29.0 Å². The van der Waals surface area contributed by atoms with Crippen LogP contribution in [0.2, 0.25) is 0 Å². The fraction of sp³-hybridized carbons (Fsp3) is 0.522. The van der Waals surface area contributed by atoms with Gasteiger partial charge in [0.1, 0.15) is 18.4 Å². The highest BCUT2D eigenvalue weighted by molar-refractivity contribution is 5.76. The monoisotopic (exact) mass is 394 g/mol. The molecule has 6 heteroatoms. The van der Waals surface area contributed by atoms with Crippen LogP contribution in [-0.2, 0) is 21.4 Å². The Morgan fingerprint density at radius 2 is 2.24 bits per heavy atom. The van der Waals surface area contributed by atoms with Crippen molar-refractivity contribution in [1.29, 1.82) is 0 Å². The van der Waals surface area contributed by atoms with Gasteiger partial charge in [0, 0.05) is 30.0 Å². The van der Waals surface area contributed by atoms with Crippen molar-refractivity contribution in [3.8, 4) is 11.1 Å². The molecule has 0 unspecified atom stereocenters. The number of rotatable bonds is 2. The first-order valence-corrected chi connectivity index (χ1v) is 10.2. The number of aryl methyl sites for hydroxylation is 1. The Kier molecular flexibility index (Phi) is 3.68. The number of methoxy groups -OCH3 is 1. The van der Waals surface area contributed by atoms with Crippen LogP contribution in [0.1, 0.15) is 45.7 Å². The molecule has 1 aliphatic heterocycles. The van der Waals surface area contributed by atoms with Crippen molar-refractivity contribution in [3.05, 3.63) is 47.5 Å². The van der Waals surface area contributed by atoms with E-state index < -0.39 is 17.5 Å². The van der Waals surface area contributed by atoms with Crippen LogP contribution < -0.4 is 5.73 Å². The molecule has 0 bridgehead atoms. The largest absolute Gasteiger partial charge is 0.462 e. The van der Waals surface area contributed by atoms with E-state index in [0.717, 1.165) is 53.6 Å². The third-order valence-corrected chi connectivity index (χ3v) is 7.16. The smallest absolute Gasteiger partial charge is 0.283 e. The number of amidine groups is 1. The molecule has 1 aromatic heterocycles. The molecule has 0 radical (unpaired) electrons. The molecule has 152 valence electrons. The van der Waals surface area contributed by atoms with Gasteiger partial charge in [0.05, 0.1) is 8.85 Å². The summed E-state index contributed by atoms with van der Waals surface area (Å²) in [6.07, 6.45) is 6.69. The summed E-state index contributed by atoms with van der Waals surface area (Å²) in [6, 6.07) is 6.13. The third-order valence-electron chi connectivity index (χ3n) is 7.16. The van der Waals surface area contributed by atoms with Gasteiger partial charge in [-0.15, -0.1) is 0 Å². The molecule has 1 saturated carbocycles. The van der Waals surface area contributed by atoms with Crippen LogP contribution in [0.15, 0.2) is 35.7 Å². The summed E-state index contributed by atoms with van der Waals surface area (Å²) in [4.78, 5) is 13.3. The fourth-order valence-corrected chi connectivity index (χ4v) is 5.76. The predicted octanol–water partition coefficient (Wildman–Crippen LogP) is 3.37. The van der Waals surface area contributed by atoms with E-state index in [1.54, 1.807) is 13.3 Å². The third kappa shape index (κ3) is 2.61. The standard InChI is InChI=1S/C23H28N4O2/c1-14-9-22(7-6-20(14)28-3)10-17-5-4-16(18-11-25-13-26-15(18)2)8-19(17)23(22)12-29-21(24)27-23/h4-5,8,11,13-14,20H,6-7,9-10,12H2,1-3H3,(H2,24,27)/t14-,20-,22-,23+/m0/s1/i12D2. The second-order valence-electron chi connectivity index (χ2n) is 8.71. The molecule has 3 aliphatic rings. The molecule has 2 aliphatic carbocycles. The van der Waals surface area contributed by atoms with Crippen LogP contribution in [-0.4, -0.2) is 35.8 Å². The van der Waals surface area contributed by atoms with E-state index in [1.807, 2.05) is 13.0 Å². The maximum atomic E-state index is 8.93. The zero-order valence-electron chi connectivity index (χ0n) is 19.1. The van der Waals surface area contributed by atoms with Gasteiger partial charge in [-0.1, -0.05) is 19.1 Å². The van der Waals surface area contributed by atoms with Gasteiger partial charge in [0.15, 0.2) is 0 Å². The number of nitrogens with zero attached hydrogens (tertiary/aromatic N) is 3. The SMILES string of the molecule is [2H]C1([2H])OC(N)=N[C@@]12c1cc(-c3cncnc3C)ccc1C[C@@]21CC[C@H](OC)[C@@H](C)C1. The molecule has 2 spiro atoms. The number of nitrogens with two attached hydrogens (primary N) is 1. The van der Waals surface area contributed by atoms with Crippen molar-refractivity contribution in [2.24, 2.45) is 22.1 Å². The van der Waals surface area contributed by atoms with Crippen LogP contribution in [0, 0.1) is 18.3 Å². The number of hydrogen-bond acceptors (Lipinski definition) is 6. The number of aromatic nitrogens is 2. The van der Waals surface area contributed by atoms with Gasteiger partial charge in [0.2, 0.25) is 0 Å². The van der Waals surface area contributed by atoms with Gasteiger partial charge in [-0.25, -0.2) is 15.0 Å². The van der Waals surface area contributed by atoms with E-state index in [1.165, 1.54) is 6.33 Å². The van der Waals surface area contributed by atoms with Gasteiger partial charge in [0.25, 0.3) is 6.02 Å². The molecule has 4 atom stereocenters. The van der Waals surface area contributed by atoms with E-state index >= 15 is 0 Å². The molecule has 0 amide bonds. The Labute approximate surface area is 174 Å². The molecule has 29 heavy (non-hydrogen) atoms. The summed E-state index contributed by atoms with van der Waals surface area (Å²) in [5, 5.41) is 0. The van der Waals surface area contributed by atoms with E-state index in [-0.39, 0.29) is 18.0 Å². The van der Waals surface area contributed by atoms with Gasteiger partial charge >= 0.3 is 0 Å². The molecule has 5 rings (SSSR count). The summed E-state index contributed by atoms with van der Waals surface area (Å²) in [5.74, 6) is 0.280. The Hall–Kier alpha value is -2.47. The Morgan fingerprint density at radius 3 is 2.93 bits per heavy atom. The first-order valence-electron chi connectivity index (χ1n) is 11.2. The zero-order chi connectivity index (χ0) is 22.0. The van der Waals surface area contributed by atoms with Crippen LogP contribution in [0.3, 0.4) is 0 Å². The van der Waals surface area contributed by atoms with E-state index in [0.29, 0.717) is 0 Å². The van der Waals surface area contributed by atoms with Gasteiger partial charge in [-0.3, -0.25) is 0 Å². The molecule has 0 saturated heterocycles. The molecule has 1 fully saturated rings. The Morgan fingerprint density at radius 1 is 1.38 bits per heavy atom. The van der Waals surface area contributed by atoms with E-state index in [9.17, 15) is 0 Å². The summed E-state index contributed by atoms with van der Waals surface area (Å²) < 4.78 is 29.1. The van der Waals surface area contributed by atoms with Crippen LogP contribution in [0.4, 0.5) is 0 Å². The maximum absolute atomic E-state index is 8.93. The molecular formula is C23H28N4O2. The highest BCUT2D eigenvalue weighted by Crippen LogP contribution is 2.62. The lowest BCUT2D eigenvalue weighted by Crippen LogP contribution is -2.48. The number of benzene rings is 1. The molecule has 1 aromatic carbocycles. The predicted molar refractivity (Wildman–Crippen MR) is 111 cm³/mol.